The van der Waals surface area contributed by atoms with Crippen LogP contribution in [0.5, 0.6) is 0 Å². The van der Waals surface area contributed by atoms with Crippen molar-refractivity contribution < 1.29 is 14.6 Å². The third-order valence-corrected chi connectivity index (χ3v) is 1.77. The van der Waals surface area contributed by atoms with E-state index in [0.717, 1.165) is 5.56 Å². The molecule has 0 atom stereocenters. The Kier molecular flexibility index (Phi) is 4.56. The van der Waals surface area contributed by atoms with E-state index in [9.17, 15) is 4.79 Å². The molecule has 1 heterocycles. The Hall–Kier alpha value is -1.62. The maximum atomic E-state index is 11.3. The molecule has 0 spiro atoms. The average Bonchev–Trinajstić information content (AvgIpc) is 2.27. The summed E-state index contributed by atoms with van der Waals surface area (Å²) in [7, 11) is 1.63. The highest BCUT2D eigenvalue weighted by atomic mass is 16.6. The van der Waals surface area contributed by atoms with Gasteiger partial charge >= 0.3 is 6.09 Å². The lowest BCUT2D eigenvalue weighted by Gasteiger charge is -2.16. The summed E-state index contributed by atoms with van der Waals surface area (Å²) in [6.45, 7) is 0.306. The highest BCUT2D eigenvalue weighted by molar-refractivity contribution is 5.67. The first kappa shape index (κ1) is 11.5. The quantitative estimate of drug-likeness (QED) is 0.792. The number of carbonyl (C=O) groups excluding carboxylic acids is 1. The lowest BCUT2D eigenvalue weighted by atomic mass is 10.3. The number of hydrogen-bond donors (Lipinski definition) is 1. The first-order valence-corrected chi connectivity index (χ1v) is 4.61. The highest BCUT2D eigenvalue weighted by Crippen LogP contribution is 2.01. The van der Waals surface area contributed by atoms with Gasteiger partial charge in [0.15, 0.2) is 0 Å². The Morgan fingerprint density at radius 3 is 3.07 bits per heavy atom. The van der Waals surface area contributed by atoms with Gasteiger partial charge in [-0.05, 0) is 11.6 Å². The van der Waals surface area contributed by atoms with Gasteiger partial charge < -0.3 is 14.7 Å². The molecular weight excluding hydrogens is 196 g/mol. The molecule has 82 valence electrons. The molecule has 0 fully saturated rings. The predicted octanol–water partition coefficient (Wildman–Crippen LogP) is 0.642. The van der Waals surface area contributed by atoms with Gasteiger partial charge in [0.25, 0.3) is 0 Å². The minimum Gasteiger partial charge on any atom is -0.447 e. The smallest absolute Gasteiger partial charge is 0.409 e. The second-order valence-electron chi connectivity index (χ2n) is 3.06. The van der Waals surface area contributed by atoms with Gasteiger partial charge in [0.05, 0.1) is 13.2 Å². The van der Waals surface area contributed by atoms with Gasteiger partial charge in [0.2, 0.25) is 0 Å². The SMILES string of the molecule is CN(Cc1cccnc1)C(=O)OCCO. The van der Waals surface area contributed by atoms with E-state index in [-0.39, 0.29) is 13.2 Å². The molecule has 1 N–H and O–H groups in total. The fraction of sp³-hybridized carbons (Fsp3) is 0.400. The molecule has 0 bridgehead atoms. The zero-order valence-corrected chi connectivity index (χ0v) is 8.59. The molecule has 0 aromatic carbocycles. The molecule has 5 nitrogen and oxygen atoms in total. The second kappa shape index (κ2) is 5.98. The van der Waals surface area contributed by atoms with Crippen LogP contribution >= 0.6 is 0 Å². The van der Waals surface area contributed by atoms with Crippen LogP contribution in [0.3, 0.4) is 0 Å². The fourth-order valence-electron chi connectivity index (χ4n) is 1.07. The minimum absolute atomic E-state index is 0.0240. The number of aromatic nitrogens is 1. The monoisotopic (exact) mass is 210 g/mol. The lowest BCUT2D eigenvalue weighted by Crippen LogP contribution is -2.27. The van der Waals surface area contributed by atoms with Crippen LogP contribution in [-0.4, -0.2) is 41.3 Å². The minimum atomic E-state index is -0.451. The standard InChI is InChI=1S/C10H14N2O3/c1-12(10(14)15-6-5-13)8-9-3-2-4-11-7-9/h2-4,7,13H,5-6,8H2,1H3. The van der Waals surface area contributed by atoms with Crippen molar-refractivity contribution in [3.8, 4) is 0 Å². The van der Waals surface area contributed by atoms with Crippen molar-refractivity contribution in [3.05, 3.63) is 30.1 Å². The largest absolute Gasteiger partial charge is 0.447 e. The van der Waals surface area contributed by atoms with Crippen LogP contribution in [0.2, 0.25) is 0 Å². The Bertz CT molecular complexity index is 303. The summed E-state index contributed by atoms with van der Waals surface area (Å²) in [5, 5.41) is 8.48. The molecule has 0 saturated heterocycles. The van der Waals surface area contributed by atoms with Gasteiger partial charge in [-0.2, -0.15) is 0 Å². The number of pyridine rings is 1. The fourth-order valence-corrected chi connectivity index (χ4v) is 1.07. The summed E-state index contributed by atoms with van der Waals surface area (Å²) >= 11 is 0. The third-order valence-electron chi connectivity index (χ3n) is 1.77. The van der Waals surface area contributed by atoms with Crippen molar-refractivity contribution in [3.63, 3.8) is 0 Å². The zero-order chi connectivity index (χ0) is 11.1. The van der Waals surface area contributed by atoms with Crippen LogP contribution in [0.15, 0.2) is 24.5 Å². The van der Waals surface area contributed by atoms with Crippen LogP contribution in [0, 0.1) is 0 Å². The molecular formula is C10H14N2O3. The van der Waals surface area contributed by atoms with Crippen molar-refractivity contribution in [2.24, 2.45) is 0 Å². The summed E-state index contributed by atoms with van der Waals surface area (Å²) in [6.07, 6.45) is 2.91. The molecule has 1 rings (SSSR count). The van der Waals surface area contributed by atoms with Gasteiger partial charge in [0, 0.05) is 19.4 Å². The molecule has 1 amide bonds. The molecule has 0 unspecified atom stereocenters. The van der Waals surface area contributed by atoms with Crippen molar-refractivity contribution in [2.75, 3.05) is 20.3 Å². The van der Waals surface area contributed by atoms with Gasteiger partial charge in [-0.25, -0.2) is 4.79 Å². The average molecular weight is 210 g/mol. The summed E-state index contributed by atoms with van der Waals surface area (Å²) in [4.78, 5) is 16.6. The molecule has 0 radical (unpaired) electrons. The van der Waals surface area contributed by atoms with Gasteiger partial charge in [-0.15, -0.1) is 0 Å². The molecule has 5 heteroatoms. The van der Waals surface area contributed by atoms with Crippen molar-refractivity contribution in [1.82, 2.24) is 9.88 Å². The second-order valence-corrected chi connectivity index (χ2v) is 3.06. The van der Waals surface area contributed by atoms with Crippen LogP contribution in [0.1, 0.15) is 5.56 Å². The van der Waals surface area contributed by atoms with E-state index in [4.69, 9.17) is 9.84 Å². The zero-order valence-electron chi connectivity index (χ0n) is 8.59. The number of carbonyl (C=O) groups is 1. The van der Waals surface area contributed by atoms with Crippen molar-refractivity contribution >= 4 is 6.09 Å². The summed E-state index contributed by atoms with van der Waals surface area (Å²) in [6, 6.07) is 3.69. The Morgan fingerprint density at radius 1 is 1.67 bits per heavy atom. The molecule has 0 saturated carbocycles. The van der Waals surface area contributed by atoms with Gasteiger partial charge in [-0.3, -0.25) is 4.98 Å². The number of aliphatic hydroxyl groups is 1. The molecule has 0 aliphatic carbocycles. The van der Waals surface area contributed by atoms with Crippen LogP contribution < -0.4 is 0 Å². The molecule has 0 aliphatic heterocycles. The van der Waals surface area contributed by atoms with Crippen LogP contribution in [-0.2, 0) is 11.3 Å². The Morgan fingerprint density at radius 2 is 2.47 bits per heavy atom. The molecule has 15 heavy (non-hydrogen) atoms. The lowest BCUT2D eigenvalue weighted by molar-refractivity contribution is 0.0893. The maximum absolute atomic E-state index is 11.3. The number of rotatable bonds is 4. The summed E-state index contributed by atoms with van der Waals surface area (Å²) in [5.74, 6) is 0. The number of aliphatic hydroxyl groups excluding tert-OH is 1. The van der Waals surface area contributed by atoms with E-state index < -0.39 is 6.09 Å². The first-order chi connectivity index (χ1) is 7.24. The van der Waals surface area contributed by atoms with Crippen molar-refractivity contribution in [2.45, 2.75) is 6.54 Å². The number of amides is 1. The Balaban J connectivity index is 2.41. The molecule has 0 aliphatic rings. The number of ether oxygens (including phenoxy) is 1. The van der Waals surface area contributed by atoms with E-state index in [1.807, 2.05) is 12.1 Å². The number of nitrogens with zero attached hydrogens (tertiary/aromatic N) is 2. The van der Waals surface area contributed by atoms with Crippen LogP contribution in [0.4, 0.5) is 4.79 Å². The number of hydrogen-bond acceptors (Lipinski definition) is 4. The van der Waals surface area contributed by atoms with E-state index in [2.05, 4.69) is 4.98 Å². The third kappa shape index (κ3) is 3.95. The van der Waals surface area contributed by atoms with E-state index in [0.29, 0.717) is 6.54 Å². The predicted molar refractivity (Wildman–Crippen MR) is 54.1 cm³/mol. The van der Waals surface area contributed by atoms with Gasteiger partial charge in [0.1, 0.15) is 6.61 Å². The summed E-state index contributed by atoms with van der Waals surface area (Å²) < 4.78 is 4.74. The van der Waals surface area contributed by atoms with Gasteiger partial charge in [-0.1, -0.05) is 6.07 Å². The first-order valence-electron chi connectivity index (χ1n) is 4.61. The maximum Gasteiger partial charge on any atom is 0.409 e. The van der Waals surface area contributed by atoms with E-state index in [1.54, 1.807) is 19.4 Å². The summed E-state index contributed by atoms with van der Waals surface area (Å²) in [5.41, 5.74) is 0.931. The molecule has 1 aromatic rings. The van der Waals surface area contributed by atoms with E-state index >= 15 is 0 Å². The Labute approximate surface area is 88.3 Å². The molecule has 1 aromatic heterocycles. The highest BCUT2D eigenvalue weighted by Gasteiger charge is 2.09. The van der Waals surface area contributed by atoms with E-state index in [1.165, 1.54) is 4.90 Å². The topological polar surface area (TPSA) is 62.7 Å². The normalized spacial score (nSPS) is 9.73. The van der Waals surface area contributed by atoms with Crippen LogP contribution in [0.25, 0.3) is 0 Å². The van der Waals surface area contributed by atoms with Crippen molar-refractivity contribution in [1.29, 1.82) is 0 Å².